The van der Waals surface area contributed by atoms with E-state index in [1.165, 1.54) is 19.2 Å². The Hall–Kier alpha value is -2.58. The quantitative estimate of drug-likeness (QED) is 0.578. The van der Waals surface area contributed by atoms with Gasteiger partial charge >= 0.3 is 12.2 Å². The molecule has 2 unspecified atom stereocenters. The van der Waals surface area contributed by atoms with Crippen molar-refractivity contribution >= 4 is 11.7 Å². The summed E-state index contributed by atoms with van der Waals surface area (Å²) in [7, 11) is 1.53. The first-order valence-corrected chi connectivity index (χ1v) is 8.85. The number of hydrogen-bond acceptors (Lipinski definition) is 3. The molecule has 0 heterocycles. The first-order valence-electron chi connectivity index (χ1n) is 8.85. The van der Waals surface area contributed by atoms with Gasteiger partial charge in [-0.15, -0.1) is 0 Å². The van der Waals surface area contributed by atoms with E-state index in [1.807, 2.05) is 19.1 Å². The molecule has 0 aromatic heterocycles. The maximum atomic E-state index is 12.8. The number of anilines is 1. The van der Waals surface area contributed by atoms with Gasteiger partial charge < -0.3 is 21.1 Å². The minimum absolute atomic E-state index is 0.00167. The van der Waals surface area contributed by atoms with Crippen LogP contribution in [-0.4, -0.2) is 30.8 Å². The third-order valence-corrected chi connectivity index (χ3v) is 4.24. The third-order valence-electron chi connectivity index (χ3n) is 4.24. The third kappa shape index (κ3) is 6.54. The molecule has 8 heteroatoms. The second kappa shape index (κ2) is 9.57. The lowest BCUT2D eigenvalue weighted by atomic mass is 10.0. The van der Waals surface area contributed by atoms with Gasteiger partial charge in [-0.05, 0) is 48.7 Å². The maximum absolute atomic E-state index is 12.8. The van der Waals surface area contributed by atoms with Crippen molar-refractivity contribution in [3.05, 3.63) is 65.2 Å². The van der Waals surface area contributed by atoms with Crippen LogP contribution in [0.25, 0.3) is 0 Å². The number of aliphatic hydroxyl groups is 1. The van der Waals surface area contributed by atoms with Gasteiger partial charge in [0.1, 0.15) is 0 Å². The summed E-state index contributed by atoms with van der Waals surface area (Å²) in [6.07, 6.45) is -4.81. The van der Waals surface area contributed by atoms with Crippen LogP contribution in [0.15, 0.2) is 48.5 Å². The van der Waals surface area contributed by atoms with Crippen molar-refractivity contribution in [3.63, 3.8) is 0 Å². The summed E-state index contributed by atoms with van der Waals surface area (Å²) in [5.74, 6) is 0. The summed E-state index contributed by atoms with van der Waals surface area (Å²) < 4.78 is 38.3. The number of hydrogen-bond donors (Lipinski definition) is 4. The van der Waals surface area contributed by atoms with Crippen LogP contribution in [0.2, 0.25) is 0 Å². The fourth-order valence-electron chi connectivity index (χ4n) is 2.70. The number of alkyl halides is 3. The Kier molecular flexibility index (Phi) is 7.42. The zero-order chi connectivity index (χ0) is 20.7. The molecule has 5 nitrogen and oxygen atoms in total. The summed E-state index contributed by atoms with van der Waals surface area (Å²) in [6.45, 7) is 2.06. The first-order chi connectivity index (χ1) is 13.2. The van der Waals surface area contributed by atoms with Gasteiger partial charge in [0, 0.05) is 25.3 Å². The van der Waals surface area contributed by atoms with E-state index in [2.05, 4.69) is 16.0 Å². The molecule has 2 aromatic rings. The van der Waals surface area contributed by atoms with Crippen LogP contribution in [0.1, 0.15) is 29.7 Å². The van der Waals surface area contributed by atoms with Crippen molar-refractivity contribution in [1.82, 2.24) is 10.6 Å². The highest BCUT2D eigenvalue weighted by atomic mass is 19.4. The van der Waals surface area contributed by atoms with Crippen molar-refractivity contribution in [1.29, 1.82) is 0 Å². The predicted molar refractivity (Wildman–Crippen MR) is 102 cm³/mol. The monoisotopic (exact) mass is 395 g/mol. The maximum Gasteiger partial charge on any atom is 0.416 e. The molecule has 2 atom stereocenters. The minimum atomic E-state index is -4.44. The van der Waals surface area contributed by atoms with Gasteiger partial charge in [0.05, 0.1) is 11.7 Å². The highest BCUT2D eigenvalue weighted by molar-refractivity contribution is 5.88. The number of benzene rings is 2. The van der Waals surface area contributed by atoms with Gasteiger partial charge in [0.15, 0.2) is 0 Å². The molecule has 4 N–H and O–H groups in total. The second-order valence-corrected chi connectivity index (χ2v) is 6.55. The van der Waals surface area contributed by atoms with E-state index < -0.39 is 17.8 Å². The van der Waals surface area contributed by atoms with Crippen LogP contribution in [0.3, 0.4) is 0 Å². The Bertz CT molecular complexity index is 779. The highest BCUT2D eigenvalue weighted by Crippen LogP contribution is 2.30. The molecular formula is C20H24F3N3O2. The number of urea groups is 1. The molecule has 0 saturated carbocycles. The van der Waals surface area contributed by atoms with Gasteiger partial charge in [-0.2, -0.15) is 13.2 Å². The number of halogens is 3. The lowest BCUT2D eigenvalue weighted by Gasteiger charge is -2.18. The Morgan fingerprint density at radius 2 is 1.82 bits per heavy atom. The zero-order valence-corrected chi connectivity index (χ0v) is 15.7. The molecule has 0 fully saturated rings. The number of carbonyl (C=O) groups is 1. The van der Waals surface area contributed by atoms with Crippen LogP contribution in [-0.2, 0) is 12.6 Å². The molecule has 2 aromatic carbocycles. The Morgan fingerprint density at radius 1 is 1.14 bits per heavy atom. The molecule has 152 valence electrons. The summed E-state index contributed by atoms with van der Waals surface area (Å²) in [4.78, 5) is 11.3. The van der Waals surface area contributed by atoms with Gasteiger partial charge in [-0.25, -0.2) is 4.79 Å². The standard InChI is InChI=1S/C20H24F3N3O2/c1-13(10-14-6-8-17(9-7-14)26-19(28)24-2)25-12-18(27)15-4-3-5-16(11-15)20(21,22)23/h3-9,11,13,18,25,27H,10,12H2,1-2H3,(H2,24,26,28). The number of aliphatic hydroxyl groups excluding tert-OH is 1. The van der Waals surface area contributed by atoms with Crippen LogP contribution in [0.5, 0.6) is 0 Å². The average Bonchev–Trinajstić information content (AvgIpc) is 2.67. The van der Waals surface area contributed by atoms with Gasteiger partial charge in [-0.1, -0.05) is 24.3 Å². The van der Waals surface area contributed by atoms with Crippen LogP contribution in [0.4, 0.5) is 23.7 Å². The molecule has 0 spiro atoms. The van der Waals surface area contributed by atoms with Crippen LogP contribution >= 0.6 is 0 Å². The van der Waals surface area contributed by atoms with Crippen LogP contribution in [0, 0.1) is 0 Å². The molecule has 2 rings (SSSR count). The average molecular weight is 395 g/mol. The summed E-state index contributed by atoms with van der Waals surface area (Å²) in [6, 6.07) is 11.8. The van der Waals surface area contributed by atoms with E-state index in [-0.39, 0.29) is 24.2 Å². The SMILES string of the molecule is CNC(=O)Nc1ccc(CC(C)NCC(O)c2cccc(C(F)(F)F)c2)cc1. The topological polar surface area (TPSA) is 73.4 Å². The van der Waals surface area contributed by atoms with Crippen molar-refractivity contribution < 1.29 is 23.1 Å². The Balaban J connectivity index is 1.86. The van der Waals surface area contributed by atoms with Gasteiger partial charge in [0.2, 0.25) is 0 Å². The first kappa shape index (κ1) is 21.7. The summed E-state index contributed by atoms with van der Waals surface area (Å²) in [5, 5.41) is 18.5. The predicted octanol–water partition coefficient (Wildman–Crippen LogP) is 3.71. The molecule has 0 saturated heterocycles. The molecule has 2 amide bonds. The fourth-order valence-corrected chi connectivity index (χ4v) is 2.70. The largest absolute Gasteiger partial charge is 0.416 e. The van der Waals surface area contributed by atoms with Gasteiger partial charge in [-0.3, -0.25) is 0 Å². The lowest BCUT2D eigenvalue weighted by Crippen LogP contribution is -2.32. The molecular weight excluding hydrogens is 371 g/mol. The van der Waals surface area contributed by atoms with E-state index in [1.54, 1.807) is 12.1 Å². The number of carbonyl (C=O) groups excluding carboxylic acids is 1. The lowest BCUT2D eigenvalue weighted by molar-refractivity contribution is -0.137. The van der Waals surface area contributed by atoms with Crippen molar-refractivity contribution in [2.45, 2.75) is 31.7 Å². The summed E-state index contributed by atoms with van der Waals surface area (Å²) >= 11 is 0. The molecule has 0 aliphatic carbocycles. The Morgan fingerprint density at radius 3 is 2.43 bits per heavy atom. The van der Waals surface area contributed by atoms with E-state index in [0.717, 1.165) is 17.7 Å². The zero-order valence-electron chi connectivity index (χ0n) is 15.7. The molecule has 0 radical (unpaired) electrons. The van der Waals surface area contributed by atoms with Crippen molar-refractivity contribution in [2.75, 3.05) is 18.9 Å². The molecule has 0 aliphatic heterocycles. The van der Waals surface area contributed by atoms with E-state index in [0.29, 0.717) is 12.1 Å². The van der Waals surface area contributed by atoms with E-state index >= 15 is 0 Å². The molecule has 28 heavy (non-hydrogen) atoms. The molecule has 0 aliphatic rings. The minimum Gasteiger partial charge on any atom is -0.387 e. The van der Waals surface area contributed by atoms with E-state index in [4.69, 9.17) is 0 Å². The number of amides is 2. The number of rotatable bonds is 7. The normalized spacial score (nSPS) is 13.6. The number of nitrogens with one attached hydrogen (secondary N) is 3. The van der Waals surface area contributed by atoms with Gasteiger partial charge in [0.25, 0.3) is 0 Å². The smallest absolute Gasteiger partial charge is 0.387 e. The highest BCUT2D eigenvalue weighted by Gasteiger charge is 2.30. The Labute approximate surface area is 162 Å². The van der Waals surface area contributed by atoms with E-state index in [9.17, 15) is 23.1 Å². The molecule has 0 bridgehead atoms. The second-order valence-electron chi connectivity index (χ2n) is 6.55. The van der Waals surface area contributed by atoms with Crippen LogP contribution < -0.4 is 16.0 Å². The van der Waals surface area contributed by atoms with Crippen molar-refractivity contribution in [3.8, 4) is 0 Å². The van der Waals surface area contributed by atoms with Crippen molar-refractivity contribution in [2.24, 2.45) is 0 Å². The fraction of sp³-hybridized carbons (Fsp3) is 0.350. The summed E-state index contributed by atoms with van der Waals surface area (Å²) in [5.41, 5.74) is 1.14.